The minimum absolute atomic E-state index is 0.179. The van der Waals surface area contributed by atoms with Gasteiger partial charge in [-0.05, 0) is 42.7 Å². The molecule has 8 heteroatoms. The van der Waals surface area contributed by atoms with Gasteiger partial charge in [-0.1, -0.05) is 18.7 Å². The van der Waals surface area contributed by atoms with Crippen molar-refractivity contribution >= 4 is 34.6 Å². The maximum Gasteiger partial charge on any atom is 0.321 e. The Balaban J connectivity index is 1.44. The Bertz CT molecular complexity index is 948. The molecule has 2 amide bonds. The zero-order chi connectivity index (χ0) is 18.1. The smallest absolute Gasteiger partial charge is 0.321 e. The molecule has 4 rings (SSSR count). The van der Waals surface area contributed by atoms with Gasteiger partial charge in [-0.15, -0.1) is 0 Å². The number of aryl methyl sites for hydroxylation is 1. The fraction of sp³-hybridized carbons (Fsp3) is 0.389. The van der Waals surface area contributed by atoms with E-state index in [0.29, 0.717) is 23.0 Å². The van der Waals surface area contributed by atoms with Crippen molar-refractivity contribution in [3.8, 4) is 0 Å². The van der Waals surface area contributed by atoms with Crippen molar-refractivity contribution < 1.29 is 9.21 Å². The summed E-state index contributed by atoms with van der Waals surface area (Å²) in [6.07, 6.45) is 3.24. The number of carbonyl (C=O) groups excluding carboxylic acids is 1. The summed E-state index contributed by atoms with van der Waals surface area (Å²) in [7, 11) is 1.77. The molecule has 1 aromatic carbocycles. The van der Waals surface area contributed by atoms with E-state index in [4.69, 9.17) is 4.42 Å². The number of carbonyl (C=O) groups is 1. The summed E-state index contributed by atoms with van der Waals surface area (Å²) in [6, 6.07) is 5.32. The first kappa shape index (κ1) is 17.0. The summed E-state index contributed by atoms with van der Waals surface area (Å²) in [4.78, 5) is 18.5. The number of aromatic nitrogens is 3. The normalized spacial score (nSPS) is 13.2. The van der Waals surface area contributed by atoms with Gasteiger partial charge in [0, 0.05) is 24.5 Å². The van der Waals surface area contributed by atoms with Gasteiger partial charge in [-0.2, -0.15) is 5.10 Å². The maximum atomic E-state index is 12.5. The lowest BCUT2D eigenvalue weighted by Gasteiger charge is -2.17. The quantitative estimate of drug-likeness (QED) is 0.666. The average Bonchev–Trinajstić information content (AvgIpc) is 3.31. The highest BCUT2D eigenvalue weighted by molar-refractivity contribution is 7.99. The van der Waals surface area contributed by atoms with E-state index in [9.17, 15) is 4.79 Å². The Morgan fingerprint density at radius 1 is 1.42 bits per heavy atom. The number of thioether (sulfide) groups is 1. The summed E-state index contributed by atoms with van der Waals surface area (Å²) in [6.45, 7) is 2.54. The monoisotopic (exact) mass is 371 g/mol. The highest BCUT2D eigenvalue weighted by atomic mass is 32.2. The molecule has 0 radical (unpaired) electrons. The molecule has 0 saturated heterocycles. The van der Waals surface area contributed by atoms with E-state index in [1.54, 1.807) is 29.8 Å². The van der Waals surface area contributed by atoms with Crippen LogP contribution in [0, 0.1) is 0 Å². The Labute approximate surface area is 155 Å². The molecule has 0 fully saturated rings. The highest BCUT2D eigenvalue weighted by Gasteiger charge is 2.20. The average molecular weight is 371 g/mol. The van der Waals surface area contributed by atoms with E-state index in [1.807, 2.05) is 12.1 Å². The van der Waals surface area contributed by atoms with Crippen molar-refractivity contribution in [3.05, 3.63) is 35.2 Å². The van der Waals surface area contributed by atoms with Crippen LogP contribution in [-0.2, 0) is 19.4 Å². The van der Waals surface area contributed by atoms with E-state index in [-0.39, 0.29) is 6.03 Å². The minimum Gasteiger partial charge on any atom is -0.431 e. The van der Waals surface area contributed by atoms with E-state index < -0.39 is 0 Å². The molecule has 0 spiro atoms. The Morgan fingerprint density at radius 2 is 2.31 bits per heavy atom. The van der Waals surface area contributed by atoms with E-state index in [1.165, 1.54) is 11.3 Å². The van der Waals surface area contributed by atoms with Crippen molar-refractivity contribution in [2.75, 3.05) is 18.1 Å². The third kappa shape index (κ3) is 3.29. The second-order valence-electron chi connectivity index (χ2n) is 6.36. The largest absolute Gasteiger partial charge is 0.431 e. The molecule has 2 heterocycles. The van der Waals surface area contributed by atoms with Crippen LogP contribution in [0.1, 0.15) is 30.3 Å². The summed E-state index contributed by atoms with van der Waals surface area (Å²) in [5.74, 6) is 0.901. The predicted molar refractivity (Wildman–Crippen MR) is 102 cm³/mol. The van der Waals surface area contributed by atoms with Gasteiger partial charge in [0.05, 0.1) is 12.2 Å². The molecule has 7 nitrogen and oxygen atoms in total. The van der Waals surface area contributed by atoms with Crippen LogP contribution in [0.2, 0.25) is 0 Å². The minimum atomic E-state index is -0.179. The Morgan fingerprint density at radius 3 is 3.15 bits per heavy atom. The van der Waals surface area contributed by atoms with Gasteiger partial charge in [0.2, 0.25) is 0 Å². The third-order valence-electron chi connectivity index (χ3n) is 4.51. The number of hydrogen-bond donors (Lipinski definition) is 2. The second kappa shape index (κ2) is 7.03. The molecule has 0 aliphatic heterocycles. The van der Waals surface area contributed by atoms with E-state index >= 15 is 0 Å². The van der Waals surface area contributed by atoms with Crippen molar-refractivity contribution in [2.45, 2.75) is 38.0 Å². The van der Waals surface area contributed by atoms with Gasteiger partial charge in [0.15, 0.2) is 5.58 Å². The molecule has 2 aromatic heterocycles. The lowest BCUT2D eigenvalue weighted by Crippen LogP contribution is -2.31. The van der Waals surface area contributed by atoms with Crippen LogP contribution in [0.3, 0.4) is 0 Å². The molecule has 1 aliphatic carbocycles. The lowest BCUT2D eigenvalue weighted by molar-refractivity contribution is 0.220. The third-order valence-corrected chi connectivity index (χ3v) is 5.22. The van der Waals surface area contributed by atoms with Gasteiger partial charge < -0.3 is 14.6 Å². The van der Waals surface area contributed by atoms with Gasteiger partial charge >= 0.3 is 6.03 Å². The second-order valence-corrected chi connectivity index (χ2v) is 7.58. The highest BCUT2D eigenvalue weighted by Crippen LogP contribution is 2.26. The lowest BCUT2D eigenvalue weighted by atomic mass is 10.2. The number of benzene rings is 1. The first-order valence-corrected chi connectivity index (χ1v) is 9.73. The fourth-order valence-corrected chi connectivity index (χ4v) is 3.76. The molecule has 136 valence electrons. The van der Waals surface area contributed by atoms with Gasteiger partial charge in [0.1, 0.15) is 5.52 Å². The Kier molecular flexibility index (Phi) is 4.58. The molecule has 0 bridgehead atoms. The predicted octanol–water partition coefficient (Wildman–Crippen LogP) is 3.82. The van der Waals surface area contributed by atoms with Crippen molar-refractivity contribution in [2.24, 2.45) is 0 Å². The number of oxazole rings is 1. The number of fused-ring (bicyclic) bond motifs is 2. The maximum absolute atomic E-state index is 12.5. The summed E-state index contributed by atoms with van der Waals surface area (Å²) < 4.78 is 5.70. The topological polar surface area (TPSA) is 87.0 Å². The number of aromatic amines is 1. The zero-order valence-corrected chi connectivity index (χ0v) is 15.7. The first-order valence-electron chi connectivity index (χ1n) is 8.74. The molecule has 1 aliphatic rings. The van der Waals surface area contributed by atoms with Gasteiger partial charge in [-0.3, -0.25) is 5.10 Å². The number of nitrogens with zero attached hydrogens (tertiary/aromatic N) is 3. The molecule has 0 unspecified atom stereocenters. The van der Waals surface area contributed by atoms with Crippen molar-refractivity contribution in [1.82, 2.24) is 20.1 Å². The van der Waals surface area contributed by atoms with Crippen LogP contribution < -0.4 is 5.32 Å². The molecule has 2 N–H and O–H groups in total. The van der Waals surface area contributed by atoms with Crippen LogP contribution in [-0.4, -0.2) is 38.9 Å². The molecular formula is C18H21N5O2S. The van der Waals surface area contributed by atoms with Crippen LogP contribution in [0.25, 0.3) is 11.1 Å². The number of rotatable bonds is 5. The number of hydrogen-bond acceptors (Lipinski definition) is 5. The van der Waals surface area contributed by atoms with Crippen molar-refractivity contribution in [1.29, 1.82) is 0 Å². The van der Waals surface area contributed by atoms with Crippen molar-refractivity contribution in [3.63, 3.8) is 0 Å². The summed E-state index contributed by atoms with van der Waals surface area (Å²) in [5, 5.41) is 11.0. The molecule has 26 heavy (non-hydrogen) atoms. The SMILES string of the molecule is CCSc1nc2ccc(NC(=O)N(C)Cc3n[nH]c4c3CCC4)cc2o1. The molecule has 0 saturated carbocycles. The van der Waals surface area contributed by atoms with Crippen LogP contribution in [0.4, 0.5) is 10.5 Å². The number of anilines is 1. The number of H-pyrrole nitrogens is 1. The van der Waals surface area contributed by atoms with Gasteiger partial charge in [-0.25, -0.2) is 9.78 Å². The van der Waals surface area contributed by atoms with E-state index in [0.717, 1.165) is 36.2 Å². The first-order chi connectivity index (χ1) is 12.6. The molecule has 3 aromatic rings. The van der Waals surface area contributed by atoms with Crippen LogP contribution in [0.15, 0.2) is 27.8 Å². The van der Waals surface area contributed by atoms with Crippen LogP contribution in [0.5, 0.6) is 0 Å². The van der Waals surface area contributed by atoms with Gasteiger partial charge in [0.25, 0.3) is 5.22 Å². The fourth-order valence-electron chi connectivity index (χ4n) is 3.20. The number of urea groups is 1. The van der Waals surface area contributed by atoms with Crippen LogP contribution >= 0.6 is 11.8 Å². The standard InChI is InChI=1S/C18H21N5O2S/c1-3-26-18-20-14-8-7-11(9-16(14)25-18)19-17(24)23(2)10-15-12-5-4-6-13(12)21-22-15/h7-9H,3-6,10H2,1-2H3,(H,19,24)(H,21,22). The number of amides is 2. The molecular weight excluding hydrogens is 350 g/mol. The van der Waals surface area contributed by atoms with E-state index in [2.05, 4.69) is 27.4 Å². The Hall–Kier alpha value is -2.48. The number of nitrogens with one attached hydrogen (secondary N) is 2. The molecule has 0 atom stereocenters. The zero-order valence-electron chi connectivity index (χ0n) is 14.8. The summed E-state index contributed by atoms with van der Waals surface area (Å²) in [5.41, 5.74) is 5.60. The summed E-state index contributed by atoms with van der Waals surface area (Å²) >= 11 is 1.55.